The SMILES string of the molecule is CCc1ccc(C(=O)CN(C)C2CCN(CC)CC2)cc1. The Kier molecular flexibility index (Phi) is 5.95. The third-order valence-corrected chi connectivity index (χ3v) is 4.70. The van der Waals surface area contributed by atoms with E-state index in [1.165, 1.54) is 18.4 Å². The Hall–Kier alpha value is -1.19. The minimum absolute atomic E-state index is 0.234. The Morgan fingerprint density at radius 3 is 2.33 bits per heavy atom. The molecule has 1 saturated heterocycles. The van der Waals surface area contributed by atoms with E-state index in [1.807, 2.05) is 12.1 Å². The zero-order valence-electron chi connectivity index (χ0n) is 13.6. The van der Waals surface area contributed by atoms with Crippen LogP contribution < -0.4 is 0 Å². The van der Waals surface area contributed by atoms with Crippen molar-refractivity contribution in [2.75, 3.05) is 33.2 Å². The predicted molar refractivity (Wildman–Crippen MR) is 87.9 cm³/mol. The standard InChI is InChI=1S/C18H28N2O/c1-4-15-6-8-16(9-7-15)18(21)14-19(3)17-10-12-20(5-2)13-11-17/h6-9,17H,4-5,10-14H2,1-3H3. The number of likely N-dealkylation sites (N-methyl/N-ethyl adjacent to an activating group) is 1. The fourth-order valence-corrected chi connectivity index (χ4v) is 3.05. The van der Waals surface area contributed by atoms with Gasteiger partial charge in [-0.15, -0.1) is 0 Å². The Morgan fingerprint density at radius 1 is 1.19 bits per heavy atom. The second kappa shape index (κ2) is 7.71. The van der Waals surface area contributed by atoms with Gasteiger partial charge < -0.3 is 4.90 Å². The third kappa shape index (κ3) is 4.39. The molecule has 0 aromatic heterocycles. The molecule has 116 valence electrons. The van der Waals surface area contributed by atoms with Crippen LogP contribution in [-0.2, 0) is 6.42 Å². The van der Waals surface area contributed by atoms with Gasteiger partial charge in [0.25, 0.3) is 0 Å². The van der Waals surface area contributed by atoms with Gasteiger partial charge in [0.15, 0.2) is 5.78 Å². The summed E-state index contributed by atoms with van der Waals surface area (Å²) < 4.78 is 0. The van der Waals surface area contributed by atoms with E-state index in [2.05, 4.69) is 42.8 Å². The molecule has 1 aliphatic rings. The van der Waals surface area contributed by atoms with E-state index in [9.17, 15) is 4.79 Å². The van der Waals surface area contributed by atoms with Gasteiger partial charge in [0.1, 0.15) is 0 Å². The lowest BCUT2D eigenvalue weighted by Crippen LogP contribution is -2.44. The number of benzene rings is 1. The van der Waals surface area contributed by atoms with Gasteiger partial charge in [-0.3, -0.25) is 9.69 Å². The van der Waals surface area contributed by atoms with Gasteiger partial charge in [-0.1, -0.05) is 38.1 Å². The van der Waals surface area contributed by atoms with Crippen molar-refractivity contribution in [1.29, 1.82) is 0 Å². The topological polar surface area (TPSA) is 23.6 Å². The molecule has 3 nitrogen and oxygen atoms in total. The summed E-state index contributed by atoms with van der Waals surface area (Å²) in [7, 11) is 2.09. The molecule has 2 rings (SSSR count). The first-order valence-corrected chi connectivity index (χ1v) is 8.18. The van der Waals surface area contributed by atoms with Gasteiger partial charge >= 0.3 is 0 Å². The highest BCUT2D eigenvalue weighted by Crippen LogP contribution is 2.16. The molecule has 1 aliphatic heterocycles. The number of aryl methyl sites for hydroxylation is 1. The van der Waals surface area contributed by atoms with Crippen LogP contribution in [0.4, 0.5) is 0 Å². The number of nitrogens with zero attached hydrogens (tertiary/aromatic N) is 2. The molecular formula is C18H28N2O. The van der Waals surface area contributed by atoms with Crippen LogP contribution in [0.2, 0.25) is 0 Å². The summed E-state index contributed by atoms with van der Waals surface area (Å²) in [5.74, 6) is 0.234. The molecule has 0 bridgehead atoms. The summed E-state index contributed by atoms with van der Waals surface area (Å²) in [4.78, 5) is 17.1. The highest BCUT2D eigenvalue weighted by Gasteiger charge is 2.23. The van der Waals surface area contributed by atoms with Gasteiger partial charge in [0, 0.05) is 11.6 Å². The van der Waals surface area contributed by atoms with Crippen LogP contribution in [0, 0.1) is 0 Å². The smallest absolute Gasteiger partial charge is 0.176 e. The van der Waals surface area contributed by atoms with Crippen LogP contribution in [0.3, 0.4) is 0 Å². The van der Waals surface area contributed by atoms with Crippen molar-refractivity contribution < 1.29 is 4.79 Å². The summed E-state index contributed by atoms with van der Waals surface area (Å²) >= 11 is 0. The van der Waals surface area contributed by atoms with Crippen molar-refractivity contribution in [2.24, 2.45) is 0 Å². The molecule has 0 amide bonds. The number of Topliss-reactive ketones (excluding diaryl/α,β-unsaturated/α-hetero) is 1. The number of carbonyl (C=O) groups excluding carboxylic acids is 1. The normalized spacial score (nSPS) is 17.3. The maximum absolute atomic E-state index is 12.4. The molecule has 0 saturated carbocycles. The van der Waals surface area contributed by atoms with E-state index in [1.54, 1.807) is 0 Å². The summed E-state index contributed by atoms with van der Waals surface area (Å²) in [5, 5.41) is 0. The second-order valence-electron chi connectivity index (χ2n) is 6.05. The van der Waals surface area contributed by atoms with Gasteiger partial charge in [0.05, 0.1) is 6.54 Å². The Labute approximate surface area is 128 Å². The van der Waals surface area contributed by atoms with Crippen molar-refractivity contribution in [3.63, 3.8) is 0 Å². The van der Waals surface area contributed by atoms with Crippen LogP contribution in [-0.4, -0.2) is 54.9 Å². The summed E-state index contributed by atoms with van der Waals surface area (Å²) in [6.07, 6.45) is 3.36. The maximum Gasteiger partial charge on any atom is 0.176 e. The number of likely N-dealkylation sites (tertiary alicyclic amines) is 1. The van der Waals surface area contributed by atoms with E-state index in [4.69, 9.17) is 0 Å². The van der Waals surface area contributed by atoms with Crippen molar-refractivity contribution in [3.05, 3.63) is 35.4 Å². The van der Waals surface area contributed by atoms with Crippen molar-refractivity contribution in [2.45, 2.75) is 39.2 Å². The van der Waals surface area contributed by atoms with Crippen molar-refractivity contribution >= 4 is 5.78 Å². The largest absolute Gasteiger partial charge is 0.303 e. The van der Waals surface area contributed by atoms with Gasteiger partial charge in [-0.25, -0.2) is 0 Å². The molecule has 21 heavy (non-hydrogen) atoms. The number of carbonyl (C=O) groups is 1. The average Bonchev–Trinajstić information content (AvgIpc) is 2.55. The first-order valence-electron chi connectivity index (χ1n) is 8.18. The molecule has 0 aliphatic carbocycles. The van der Waals surface area contributed by atoms with E-state index < -0.39 is 0 Å². The fourth-order valence-electron chi connectivity index (χ4n) is 3.05. The lowest BCUT2D eigenvalue weighted by atomic mass is 10.0. The van der Waals surface area contributed by atoms with Crippen LogP contribution in [0.25, 0.3) is 0 Å². The third-order valence-electron chi connectivity index (χ3n) is 4.70. The molecule has 0 radical (unpaired) electrons. The summed E-state index contributed by atoms with van der Waals surface area (Å²) in [6, 6.07) is 8.61. The molecule has 0 atom stereocenters. The molecule has 1 heterocycles. The molecular weight excluding hydrogens is 260 g/mol. The number of hydrogen-bond acceptors (Lipinski definition) is 3. The van der Waals surface area contributed by atoms with Crippen LogP contribution in [0.5, 0.6) is 0 Å². The van der Waals surface area contributed by atoms with Crippen LogP contribution in [0.15, 0.2) is 24.3 Å². The molecule has 0 spiro atoms. The minimum Gasteiger partial charge on any atom is -0.303 e. The van der Waals surface area contributed by atoms with E-state index in [0.29, 0.717) is 12.6 Å². The highest BCUT2D eigenvalue weighted by atomic mass is 16.1. The van der Waals surface area contributed by atoms with Crippen LogP contribution in [0.1, 0.15) is 42.6 Å². The first kappa shape index (κ1) is 16.2. The lowest BCUT2D eigenvalue weighted by molar-refractivity contribution is 0.0858. The molecule has 1 aromatic carbocycles. The Balaban J connectivity index is 1.86. The Bertz CT molecular complexity index is 447. The number of piperidine rings is 1. The van der Waals surface area contributed by atoms with Crippen molar-refractivity contribution in [1.82, 2.24) is 9.80 Å². The van der Waals surface area contributed by atoms with Gasteiger partial charge in [-0.05, 0) is 51.5 Å². The quantitative estimate of drug-likeness (QED) is 0.752. The molecule has 1 fully saturated rings. The summed E-state index contributed by atoms with van der Waals surface area (Å²) in [6.45, 7) is 8.33. The maximum atomic E-state index is 12.4. The fraction of sp³-hybridized carbons (Fsp3) is 0.611. The van der Waals surface area contributed by atoms with Crippen molar-refractivity contribution in [3.8, 4) is 0 Å². The Morgan fingerprint density at radius 2 is 1.81 bits per heavy atom. The number of ketones is 1. The lowest BCUT2D eigenvalue weighted by Gasteiger charge is -2.36. The number of hydrogen-bond donors (Lipinski definition) is 0. The van der Waals surface area contributed by atoms with Gasteiger partial charge in [-0.2, -0.15) is 0 Å². The molecule has 0 unspecified atom stereocenters. The van der Waals surface area contributed by atoms with Gasteiger partial charge in [0.2, 0.25) is 0 Å². The summed E-state index contributed by atoms with van der Waals surface area (Å²) in [5.41, 5.74) is 2.12. The predicted octanol–water partition coefficient (Wildman–Crippen LogP) is 2.85. The zero-order chi connectivity index (χ0) is 15.2. The molecule has 1 aromatic rings. The monoisotopic (exact) mass is 288 g/mol. The highest BCUT2D eigenvalue weighted by molar-refractivity contribution is 5.97. The van der Waals surface area contributed by atoms with Crippen LogP contribution >= 0.6 is 0 Å². The molecule has 0 N–H and O–H groups in total. The molecule has 3 heteroatoms. The number of rotatable bonds is 6. The average molecular weight is 288 g/mol. The zero-order valence-corrected chi connectivity index (χ0v) is 13.6. The first-order chi connectivity index (χ1) is 10.1. The minimum atomic E-state index is 0.234. The van der Waals surface area contributed by atoms with E-state index in [0.717, 1.165) is 31.6 Å². The second-order valence-corrected chi connectivity index (χ2v) is 6.05. The van der Waals surface area contributed by atoms with E-state index in [-0.39, 0.29) is 5.78 Å². The van der Waals surface area contributed by atoms with E-state index >= 15 is 0 Å².